The van der Waals surface area contributed by atoms with Crippen molar-refractivity contribution in [1.29, 1.82) is 0 Å². The summed E-state index contributed by atoms with van der Waals surface area (Å²) in [4.78, 5) is 4.13. The van der Waals surface area contributed by atoms with Crippen LogP contribution in [0.1, 0.15) is 18.4 Å². The molecule has 0 unspecified atom stereocenters. The second-order valence-electron chi connectivity index (χ2n) is 4.59. The summed E-state index contributed by atoms with van der Waals surface area (Å²) in [5.74, 6) is 0.906. The van der Waals surface area contributed by atoms with E-state index in [0.29, 0.717) is 0 Å². The fourth-order valence-corrected chi connectivity index (χ4v) is 1.94. The minimum atomic E-state index is 0.872. The second-order valence-corrected chi connectivity index (χ2v) is 4.59. The van der Waals surface area contributed by atoms with E-state index in [4.69, 9.17) is 0 Å². The van der Waals surface area contributed by atoms with E-state index in [1.54, 1.807) is 6.20 Å². The molecule has 1 saturated carbocycles. The summed E-state index contributed by atoms with van der Waals surface area (Å²) in [5, 5.41) is 10.6. The number of hydrogen-bond donors (Lipinski definition) is 2. The topological polar surface area (TPSA) is 53.6 Å². The molecule has 1 fully saturated rings. The number of nitrogens with zero attached hydrogens (tertiary/aromatic N) is 2. The first-order valence-corrected chi connectivity index (χ1v) is 6.07. The average Bonchev–Trinajstić information content (AvgIpc) is 3.07. The van der Waals surface area contributed by atoms with Crippen LogP contribution in [-0.4, -0.2) is 21.7 Å². The third kappa shape index (κ3) is 2.53. The van der Waals surface area contributed by atoms with Crippen LogP contribution in [0.15, 0.2) is 30.7 Å². The largest absolute Gasteiger partial charge is 0.312 e. The molecule has 0 amide bonds. The van der Waals surface area contributed by atoms with Gasteiger partial charge >= 0.3 is 0 Å². The fraction of sp³-hybridized carbons (Fsp3) is 0.385. The van der Waals surface area contributed by atoms with E-state index in [0.717, 1.165) is 30.3 Å². The Balaban J connectivity index is 1.70. The van der Waals surface area contributed by atoms with Crippen LogP contribution in [0.5, 0.6) is 0 Å². The molecule has 0 spiro atoms. The van der Waals surface area contributed by atoms with Crippen LogP contribution >= 0.6 is 0 Å². The summed E-state index contributed by atoms with van der Waals surface area (Å²) >= 11 is 0. The van der Waals surface area contributed by atoms with Crippen molar-refractivity contribution in [2.45, 2.75) is 19.4 Å². The van der Waals surface area contributed by atoms with Crippen LogP contribution in [0.4, 0.5) is 0 Å². The zero-order valence-corrected chi connectivity index (χ0v) is 9.69. The molecule has 0 bridgehead atoms. The molecular weight excluding hydrogens is 212 g/mol. The monoisotopic (exact) mass is 228 g/mol. The zero-order chi connectivity index (χ0) is 11.5. The summed E-state index contributed by atoms with van der Waals surface area (Å²) in [6, 6.07) is 3.99. The maximum absolute atomic E-state index is 4.13. The minimum Gasteiger partial charge on any atom is -0.312 e. The molecule has 88 valence electrons. The number of nitrogens with one attached hydrogen (secondary N) is 2. The molecular formula is C13H16N4. The standard InChI is InChI=1S/C13H16N4/c1-2-11(7-14-5-1)13-12(9-16-17-13)8-15-6-10-3-4-10/h1-2,5,7,9-10,15H,3-4,6,8H2,(H,16,17). The van der Waals surface area contributed by atoms with Gasteiger partial charge in [-0.05, 0) is 37.4 Å². The van der Waals surface area contributed by atoms with Gasteiger partial charge in [-0.3, -0.25) is 10.1 Å². The third-order valence-corrected chi connectivity index (χ3v) is 3.11. The summed E-state index contributed by atoms with van der Waals surface area (Å²) < 4.78 is 0. The molecule has 17 heavy (non-hydrogen) atoms. The number of pyridine rings is 1. The Kier molecular flexibility index (Phi) is 2.88. The number of H-pyrrole nitrogens is 1. The lowest BCUT2D eigenvalue weighted by Crippen LogP contribution is -2.16. The van der Waals surface area contributed by atoms with Gasteiger partial charge < -0.3 is 5.32 Å². The third-order valence-electron chi connectivity index (χ3n) is 3.11. The maximum atomic E-state index is 4.13. The van der Waals surface area contributed by atoms with Crippen molar-refractivity contribution >= 4 is 0 Å². The van der Waals surface area contributed by atoms with Crippen molar-refractivity contribution in [2.75, 3.05) is 6.54 Å². The first kappa shape index (κ1) is 10.5. The Bertz CT molecular complexity index is 473. The van der Waals surface area contributed by atoms with Crippen molar-refractivity contribution in [2.24, 2.45) is 5.92 Å². The van der Waals surface area contributed by atoms with Gasteiger partial charge in [0, 0.05) is 30.1 Å². The molecule has 0 atom stereocenters. The SMILES string of the molecule is c1cncc(-c2[nH]ncc2CNCC2CC2)c1. The average molecular weight is 228 g/mol. The predicted octanol–water partition coefficient (Wildman–Crippen LogP) is 1.97. The van der Waals surface area contributed by atoms with Crippen LogP contribution < -0.4 is 5.32 Å². The Labute approximate surface area is 100 Å². The number of rotatable bonds is 5. The van der Waals surface area contributed by atoms with Gasteiger partial charge in [-0.2, -0.15) is 5.10 Å². The van der Waals surface area contributed by atoms with Crippen molar-refractivity contribution in [3.05, 3.63) is 36.3 Å². The van der Waals surface area contributed by atoms with Crippen LogP contribution in [0.3, 0.4) is 0 Å². The molecule has 3 rings (SSSR count). The van der Waals surface area contributed by atoms with Gasteiger partial charge in [0.1, 0.15) is 0 Å². The van der Waals surface area contributed by atoms with Gasteiger partial charge in [-0.25, -0.2) is 0 Å². The fourth-order valence-electron chi connectivity index (χ4n) is 1.94. The highest BCUT2D eigenvalue weighted by Crippen LogP contribution is 2.28. The molecule has 1 aliphatic carbocycles. The van der Waals surface area contributed by atoms with Crippen LogP contribution in [0.2, 0.25) is 0 Å². The van der Waals surface area contributed by atoms with E-state index in [1.807, 2.05) is 24.5 Å². The van der Waals surface area contributed by atoms with Crippen molar-refractivity contribution in [3.63, 3.8) is 0 Å². The van der Waals surface area contributed by atoms with E-state index in [2.05, 4.69) is 20.5 Å². The lowest BCUT2D eigenvalue weighted by Gasteiger charge is -2.04. The smallest absolute Gasteiger partial charge is 0.0710 e. The first-order chi connectivity index (χ1) is 8.43. The molecule has 4 heteroatoms. The highest BCUT2D eigenvalue weighted by atomic mass is 15.1. The lowest BCUT2D eigenvalue weighted by molar-refractivity contribution is 0.639. The molecule has 2 heterocycles. The van der Waals surface area contributed by atoms with Crippen LogP contribution in [-0.2, 0) is 6.54 Å². The van der Waals surface area contributed by atoms with Gasteiger partial charge in [0.25, 0.3) is 0 Å². The lowest BCUT2D eigenvalue weighted by atomic mass is 10.1. The van der Waals surface area contributed by atoms with Crippen LogP contribution in [0, 0.1) is 5.92 Å². The van der Waals surface area contributed by atoms with E-state index >= 15 is 0 Å². The number of hydrogen-bond acceptors (Lipinski definition) is 3. The molecule has 0 aromatic carbocycles. The van der Waals surface area contributed by atoms with Gasteiger partial charge in [0.2, 0.25) is 0 Å². The molecule has 2 aromatic rings. The molecule has 0 aliphatic heterocycles. The molecule has 0 saturated heterocycles. The Morgan fingerprint density at radius 2 is 2.29 bits per heavy atom. The van der Waals surface area contributed by atoms with E-state index in [-0.39, 0.29) is 0 Å². The normalized spacial score (nSPS) is 15.1. The first-order valence-electron chi connectivity index (χ1n) is 6.07. The zero-order valence-electron chi connectivity index (χ0n) is 9.69. The van der Waals surface area contributed by atoms with Gasteiger partial charge in [-0.1, -0.05) is 0 Å². The second kappa shape index (κ2) is 4.67. The Hall–Kier alpha value is -1.68. The summed E-state index contributed by atoms with van der Waals surface area (Å²) in [6.45, 7) is 1.99. The van der Waals surface area contributed by atoms with Crippen LogP contribution in [0.25, 0.3) is 11.3 Å². The quantitative estimate of drug-likeness (QED) is 0.822. The Morgan fingerprint density at radius 3 is 3.06 bits per heavy atom. The summed E-state index contributed by atoms with van der Waals surface area (Å²) in [7, 11) is 0. The molecule has 4 nitrogen and oxygen atoms in total. The van der Waals surface area contributed by atoms with Gasteiger partial charge in [0.15, 0.2) is 0 Å². The van der Waals surface area contributed by atoms with Gasteiger partial charge in [0.05, 0.1) is 11.9 Å². The van der Waals surface area contributed by atoms with Gasteiger partial charge in [-0.15, -0.1) is 0 Å². The van der Waals surface area contributed by atoms with E-state index in [1.165, 1.54) is 18.4 Å². The summed E-state index contributed by atoms with van der Waals surface area (Å²) in [5.41, 5.74) is 3.37. The number of aromatic nitrogens is 3. The maximum Gasteiger partial charge on any atom is 0.0710 e. The van der Waals surface area contributed by atoms with E-state index < -0.39 is 0 Å². The Morgan fingerprint density at radius 1 is 1.35 bits per heavy atom. The van der Waals surface area contributed by atoms with E-state index in [9.17, 15) is 0 Å². The highest BCUT2D eigenvalue weighted by molar-refractivity contribution is 5.61. The summed E-state index contributed by atoms with van der Waals surface area (Å²) in [6.07, 6.45) is 8.30. The molecule has 1 aliphatic rings. The van der Waals surface area contributed by atoms with Crippen molar-refractivity contribution in [3.8, 4) is 11.3 Å². The minimum absolute atomic E-state index is 0.872. The molecule has 2 N–H and O–H groups in total. The van der Waals surface area contributed by atoms with Crippen molar-refractivity contribution in [1.82, 2.24) is 20.5 Å². The predicted molar refractivity (Wildman–Crippen MR) is 66.2 cm³/mol. The molecule has 0 radical (unpaired) electrons. The molecule has 2 aromatic heterocycles. The number of aromatic amines is 1. The highest BCUT2D eigenvalue weighted by Gasteiger charge is 2.20. The van der Waals surface area contributed by atoms with Crippen molar-refractivity contribution < 1.29 is 0 Å².